The summed E-state index contributed by atoms with van der Waals surface area (Å²) < 4.78 is 6.10. The number of aliphatic hydroxyl groups is 1. The van der Waals surface area contributed by atoms with E-state index in [9.17, 15) is 9.90 Å². The third kappa shape index (κ3) is 1.19. The number of hydrogen-bond acceptors (Lipinski definition) is 3. The van der Waals surface area contributed by atoms with Crippen molar-refractivity contribution in [2.75, 3.05) is 6.61 Å². The number of carbonyl (C=O) groups is 1. The highest BCUT2D eigenvalue weighted by molar-refractivity contribution is 5.94. The lowest BCUT2D eigenvalue weighted by molar-refractivity contribution is -0.260. The Morgan fingerprint density at radius 2 is 2.11 bits per heavy atom. The van der Waals surface area contributed by atoms with E-state index >= 15 is 0 Å². The maximum atomic E-state index is 12.3. The van der Waals surface area contributed by atoms with Gasteiger partial charge in [0.25, 0.3) is 0 Å². The number of aliphatic hydroxyl groups excluding tert-OH is 1. The Morgan fingerprint density at radius 1 is 1.39 bits per heavy atom. The normalized spacial score (nSPS) is 55.2. The SMILES string of the molecule is C[C@@H]1CO[C@]23C=CC(=O)[C@H]1[C@]2(C)[C@@H](C)CC[C@H]3O. The van der Waals surface area contributed by atoms with Crippen molar-refractivity contribution in [3.63, 3.8) is 0 Å². The minimum Gasteiger partial charge on any atom is -0.390 e. The molecule has 2 aliphatic carbocycles. The molecule has 0 aromatic carbocycles. The molecule has 0 aromatic heterocycles. The van der Waals surface area contributed by atoms with Crippen LogP contribution in [-0.2, 0) is 9.53 Å². The Labute approximate surface area is 108 Å². The molecule has 0 spiro atoms. The lowest BCUT2D eigenvalue weighted by Crippen LogP contribution is -2.70. The van der Waals surface area contributed by atoms with Crippen molar-refractivity contribution in [1.82, 2.24) is 0 Å². The predicted octanol–water partition coefficient (Wildman–Crippen LogP) is 1.94. The van der Waals surface area contributed by atoms with Crippen LogP contribution in [0.1, 0.15) is 33.6 Å². The van der Waals surface area contributed by atoms with Gasteiger partial charge in [0.05, 0.1) is 12.7 Å². The van der Waals surface area contributed by atoms with Crippen LogP contribution in [0.25, 0.3) is 0 Å². The van der Waals surface area contributed by atoms with Gasteiger partial charge < -0.3 is 9.84 Å². The topological polar surface area (TPSA) is 46.5 Å². The second-order valence-corrected chi connectivity index (χ2v) is 6.57. The van der Waals surface area contributed by atoms with Gasteiger partial charge in [-0.05, 0) is 36.8 Å². The first-order valence-corrected chi connectivity index (χ1v) is 6.98. The van der Waals surface area contributed by atoms with E-state index in [0.29, 0.717) is 12.5 Å². The van der Waals surface area contributed by atoms with Crippen molar-refractivity contribution in [2.45, 2.75) is 45.3 Å². The molecule has 2 bridgehead atoms. The van der Waals surface area contributed by atoms with Gasteiger partial charge in [-0.25, -0.2) is 0 Å². The van der Waals surface area contributed by atoms with Gasteiger partial charge in [-0.15, -0.1) is 0 Å². The molecular formula is C15H22O3. The first-order chi connectivity index (χ1) is 8.43. The van der Waals surface area contributed by atoms with Crippen LogP contribution in [0.2, 0.25) is 0 Å². The van der Waals surface area contributed by atoms with Gasteiger partial charge in [0.15, 0.2) is 5.78 Å². The van der Waals surface area contributed by atoms with Gasteiger partial charge >= 0.3 is 0 Å². The van der Waals surface area contributed by atoms with Crippen LogP contribution in [0.3, 0.4) is 0 Å². The molecule has 1 aliphatic heterocycles. The highest BCUT2D eigenvalue weighted by Crippen LogP contribution is 2.61. The summed E-state index contributed by atoms with van der Waals surface area (Å²) in [5.41, 5.74) is -0.913. The Morgan fingerprint density at radius 3 is 2.83 bits per heavy atom. The molecule has 100 valence electrons. The molecule has 1 N–H and O–H groups in total. The van der Waals surface area contributed by atoms with Gasteiger partial charge in [-0.1, -0.05) is 20.8 Å². The van der Waals surface area contributed by atoms with Gasteiger partial charge in [0.2, 0.25) is 0 Å². The van der Waals surface area contributed by atoms with Crippen LogP contribution in [0.15, 0.2) is 12.2 Å². The molecule has 3 nitrogen and oxygen atoms in total. The zero-order chi connectivity index (χ0) is 13.1. The molecule has 3 rings (SSSR count). The molecule has 3 aliphatic rings. The lowest BCUT2D eigenvalue weighted by atomic mass is 9.47. The molecule has 1 saturated heterocycles. The second kappa shape index (κ2) is 3.67. The van der Waals surface area contributed by atoms with Crippen molar-refractivity contribution in [3.8, 4) is 0 Å². The van der Waals surface area contributed by atoms with E-state index in [0.717, 1.165) is 12.8 Å². The smallest absolute Gasteiger partial charge is 0.159 e. The summed E-state index contributed by atoms with van der Waals surface area (Å²) in [6.07, 6.45) is 4.73. The van der Waals surface area contributed by atoms with Crippen molar-refractivity contribution in [1.29, 1.82) is 0 Å². The lowest BCUT2D eigenvalue weighted by Gasteiger charge is -2.64. The fourth-order valence-electron chi connectivity index (χ4n) is 4.65. The molecule has 6 atom stereocenters. The molecule has 1 heterocycles. The van der Waals surface area contributed by atoms with Crippen LogP contribution in [0.5, 0.6) is 0 Å². The average Bonchev–Trinajstić information content (AvgIpc) is 2.32. The van der Waals surface area contributed by atoms with E-state index in [-0.39, 0.29) is 23.0 Å². The van der Waals surface area contributed by atoms with Crippen LogP contribution in [0.4, 0.5) is 0 Å². The third-order valence-corrected chi connectivity index (χ3v) is 5.84. The summed E-state index contributed by atoms with van der Waals surface area (Å²) in [7, 11) is 0. The quantitative estimate of drug-likeness (QED) is 0.714. The van der Waals surface area contributed by atoms with Crippen molar-refractivity contribution in [2.24, 2.45) is 23.2 Å². The summed E-state index contributed by atoms with van der Waals surface area (Å²) in [5, 5.41) is 10.5. The fourth-order valence-corrected chi connectivity index (χ4v) is 4.65. The number of rotatable bonds is 0. The van der Waals surface area contributed by atoms with Crippen LogP contribution < -0.4 is 0 Å². The maximum absolute atomic E-state index is 12.3. The predicted molar refractivity (Wildman–Crippen MR) is 68.0 cm³/mol. The van der Waals surface area contributed by atoms with Crippen LogP contribution in [-0.4, -0.2) is 29.2 Å². The highest BCUT2D eigenvalue weighted by Gasteiger charge is 2.66. The van der Waals surface area contributed by atoms with Crippen molar-refractivity contribution < 1.29 is 14.6 Å². The Hall–Kier alpha value is -0.670. The molecule has 0 radical (unpaired) electrons. The molecule has 0 unspecified atom stereocenters. The molecular weight excluding hydrogens is 228 g/mol. The molecule has 2 fully saturated rings. The summed E-state index contributed by atoms with van der Waals surface area (Å²) in [5.74, 6) is 0.821. The van der Waals surface area contributed by atoms with E-state index in [4.69, 9.17) is 4.74 Å². The van der Waals surface area contributed by atoms with E-state index in [2.05, 4.69) is 20.8 Å². The van der Waals surface area contributed by atoms with Gasteiger partial charge in [-0.2, -0.15) is 0 Å². The maximum Gasteiger partial charge on any atom is 0.159 e. The standard InChI is InChI=1S/C15H22O3/c1-9-8-18-15-7-6-11(16)13(9)14(15,3)10(2)4-5-12(15)17/h6-7,9-10,12-13,17H,4-5,8H2,1-3H3/t9-,10+,12-,13+,14+,15+/m1/s1. The summed E-state index contributed by atoms with van der Waals surface area (Å²) in [4.78, 5) is 12.3. The first kappa shape index (κ1) is 12.4. The highest BCUT2D eigenvalue weighted by atomic mass is 16.5. The van der Waals surface area contributed by atoms with Crippen molar-refractivity contribution >= 4 is 5.78 Å². The third-order valence-electron chi connectivity index (χ3n) is 5.84. The zero-order valence-electron chi connectivity index (χ0n) is 11.3. The molecule has 0 amide bonds. The molecule has 1 saturated carbocycles. The van der Waals surface area contributed by atoms with Crippen LogP contribution >= 0.6 is 0 Å². The Kier molecular flexibility index (Phi) is 2.52. The van der Waals surface area contributed by atoms with Gasteiger partial charge in [0, 0.05) is 11.3 Å². The first-order valence-electron chi connectivity index (χ1n) is 6.98. The van der Waals surface area contributed by atoms with Crippen molar-refractivity contribution in [3.05, 3.63) is 12.2 Å². The minimum absolute atomic E-state index is 0.0128. The molecule has 0 aromatic rings. The van der Waals surface area contributed by atoms with E-state index in [1.807, 2.05) is 6.08 Å². The van der Waals surface area contributed by atoms with E-state index < -0.39 is 11.7 Å². The van der Waals surface area contributed by atoms with E-state index in [1.54, 1.807) is 6.08 Å². The monoisotopic (exact) mass is 250 g/mol. The minimum atomic E-state index is -0.643. The summed E-state index contributed by atoms with van der Waals surface area (Å²) in [6.45, 7) is 6.99. The molecule has 18 heavy (non-hydrogen) atoms. The largest absolute Gasteiger partial charge is 0.390 e. The Bertz CT molecular complexity index is 416. The van der Waals surface area contributed by atoms with E-state index in [1.165, 1.54) is 0 Å². The summed E-state index contributed by atoms with van der Waals surface area (Å²) in [6, 6.07) is 0. The number of hydrogen-bond donors (Lipinski definition) is 1. The second-order valence-electron chi connectivity index (χ2n) is 6.57. The van der Waals surface area contributed by atoms with Gasteiger partial charge in [-0.3, -0.25) is 4.79 Å². The number of carbonyl (C=O) groups excluding carboxylic acids is 1. The molecule has 3 heteroatoms. The van der Waals surface area contributed by atoms with Crippen LogP contribution in [0, 0.1) is 23.2 Å². The average molecular weight is 250 g/mol. The zero-order valence-corrected chi connectivity index (χ0v) is 11.3. The summed E-state index contributed by atoms with van der Waals surface area (Å²) >= 11 is 0. The Balaban J connectivity index is 2.20. The number of ketones is 1. The fraction of sp³-hybridized carbons (Fsp3) is 0.800. The van der Waals surface area contributed by atoms with Gasteiger partial charge in [0.1, 0.15) is 5.60 Å². The number of ether oxygens (including phenoxy) is 1. The number of allylic oxidation sites excluding steroid dienone is 1.